The van der Waals surface area contributed by atoms with E-state index in [0.717, 1.165) is 5.69 Å². The summed E-state index contributed by atoms with van der Waals surface area (Å²) < 4.78 is 0. The Labute approximate surface area is 76.8 Å². The fourth-order valence-corrected chi connectivity index (χ4v) is 0.988. The van der Waals surface area contributed by atoms with Gasteiger partial charge in [-0.2, -0.15) is 5.26 Å². The van der Waals surface area contributed by atoms with Crippen molar-refractivity contribution < 1.29 is 0 Å². The molecule has 1 aromatic carbocycles. The van der Waals surface area contributed by atoms with Crippen LogP contribution in [0.1, 0.15) is 12.5 Å². The molecule has 60 valence electrons. The van der Waals surface area contributed by atoms with Gasteiger partial charge >= 0.3 is 0 Å². The molecular weight excluding hydrogens is 168 g/mol. The maximum Gasteiger partial charge on any atom is 0.0992 e. The molecular formula is C9H8N2S. The van der Waals surface area contributed by atoms with Crippen molar-refractivity contribution in [2.45, 2.75) is 6.92 Å². The number of benzene rings is 1. The van der Waals surface area contributed by atoms with Gasteiger partial charge in [-0.1, -0.05) is 18.3 Å². The number of hydrogen-bond donors (Lipinski definition) is 1. The number of hydrogen-bond acceptors (Lipinski definition) is 2. The van der Waals surface area contributed by atoms with Crippen molar-refractivity contribution in [2.24, 2.45) is 0 Å². The maximum absolute atomic E-state index is 8.59. The first kappa shape index (κ1) is 8.69. The summed E-state index contributed by atoms with van der Waals surface area (Å²) in [5, 5.41) is 11.5. The Morgan fingerprint density at radius 2 is 2.33 bits per heavy atom. The average Bonchev–Trinajstić information content (AvgIpc) is 2.03. The van der Waals surface area contributed by atoms with Gasteiger partial charge in [0.05, 0.1) is 16.6 Å². The van der Waals surface area contributed by atoms with Gasteiger partial charge in [-0.05, 0) is 25.1 Å². The van der Waals surface area contributed by atoms with Crippen LogP contribution in [0.15, 0.2) is 24.3 Å². The fourth-order valence-electron chi connectivity index (χ4n) is 0.870. The van der Waals surface area contributed by atoms with Crippen molar-refractivity contribution >= 4 is 22.9 Å². The van der Waals surface area contributed by atoms with E-state index in [0.29, 0.717) is 10.6 Å². The van der Waals surface area contributed by atoms with Crippen LogP contribution in [0.5, 0.6) is 0 Å². The maximum atomic E-state index is 8.59. The van der Waals surface area contributed by atoms with E-state index >= 15 is 0 Å². The molecule has 0 unspecified atom stereocenters. The topological polar surface area (TPSA) is 35.8 Å². The molecule has 0 saturated heterocycles. The molecule has 1 aromatic rings. The molecule has 0 aliphatic heterocycles. The van der Waals surface area contributed by atoms with Gasteiger partial charge in [0.1, 0.15) is 0 Å². The van der Waals surface area contributed by atoms with Gasteiger partial charge in [0.25, 0.3) is 0 Å². The third-order valence-electron chi connectivity index (χ3n) is 1.31. The molecule has 3 heteroatoms. The lowest BCUT2D eigenvalue weighted by Gasteiger charge is -2.02. The van der Waals surface area contributed by atoms with Gasteiger partial charge in [-0.15, -0.1) is 0 Å². The van der Waals surface area contributed by atoms with Crippen molar-refractivity contribution in [3.63, 3.8) is 0 Å². The normalized spacial score (nSPS) is 8.67. The van der Waals surface area contributed by atoms with Crippen LogP contribution in [0.2, 0.25) is 0 Å². The van der Waals surface area contributed by atoms with Gasteiger partial charge in [0.2, 0.25) is 0 Å². The SMILES string of the molecule is CC(=S)Nc1cccc(C#N)c1. The van der Waals surface area contributed by atoms with E-state index < -0.39 is 0 Å². The van der Waals surface area contributed by atoms with E-state index in [1.165, 1.54) is 0 Å². The molecule has 0 radical (unpaired) electrons. The Balaban J connectivity index is 2.88. The van der Waals surface area contributed by atoms with Crippen LogP contribution in [0.25, 0.3) is 0 Å². The van der Waals surface area contributed by atoms with Crippen LogP contribution in [0, 0.1) is 11.3 Å². The molecule has 1 rings (SSSR count). The number of nitriles is 1. The predicted molar refractivity (Wildman–Crippen MR) is 53.1 cm³/mol. The molecule has 0 saturated carbocycles. The van der Waals surface area contributed by atoms with E-state index in [-0.39, 0.29) is 0 Å². The Hall–Kier alpha value is -1.40. The Morgan fingerprint density at radius 3 is 2.92 bits per heavy atom. The van der Waals surface area contributed by atoms with Gasteiger partial charge in [0, 0.05) is 5.69 Å². The monoisotopic (exact) mass is 176 g/mol. The minimum atomic E-state index is 0.635. The number of rotatable bonds is 1. The zero-order valence-electron chi connectivity index (χ0n) is 6.66. The van der Waals surface area contributed by atoms with E-state index in [2.05, 4.69) is 11.4 Å². The van der Waals surface area contributed by atoms with Crippen molar-refractivity contribution in [1.29, 1.82) is 5.26 Å². The summed E-state index contributed by atoms with van der Waals surface area (Å²) in [6.45, 7) is 1.80. The molecule has 0 spiro atoms. The van der Waals surface area contributed by atoms with Gasteiger partial charge in [-0.25, -0.2) is 0 Å². The van der Waals surface area contributed by atoms with Crippen LogP contribution in [0.4, 0.5) is 5.69 Å². The Bertz CT molecular complexity index is 339. The minimum absolute atomic E-state index is 0.635. The lowest BCUT2D eigenvalue weighted by molar-refractivity contribution is 1.48. The van der Waals surface area contributed by atoms with Gasteiger partial charge in [-0.3, -0.25) is 0 Å². The molecule has 0 heterocycles. The molecule has 0 atom stereocenters. The highest BCUT2D eigenvalue weighted by atomic mass is 32.1. The summed E-state index contributed by atoms with van der Waals surface area (Å²) in [5.41, 5.74) is 1.50. The quantitative estimate of drug-likeness (QED) is 0.667. The molecule has 1 N–H and O–H groups in total. The molecule has 0 bridgehead atoms. The molecule has 0 aliphatic carbocycles. The molecule has 12 heavy (non-hydrogen) atoms. The van der Waals surface area contributed by atoms with Crippen molar-refractivity contribution in [1.82, 2.24) is 0 Å². The summed E-state index contributed by atoms with van der Waals surface area (Å²) in [5.74, 6) is 0. The van der Waals surface area contributed by atoms with Crippen LogP contribution < -0.4 is 5.32 Å². The highest BCUT2D eigenvalue weighted by Gasteiger charge is 1.93. The smallest absolute Gasteiger partial charge is 0.0992 e. The third kappa shape index (κ3) is 2.33. The Kier molecular flexibility index (Phi) is 2.78. The number of thiocarbonyl (C=S) groups is 1. The van der Waals surface area contributed by atoms with E-state index in [4.69, 9.17) is 17.5 Å². The molecule has 0 aromatic heterocycles. The first-order valence-electron chi connectivity index (χ1n) is 3.50. The van der Waals surface area contributed by atoms with E-state index in [1.807, 2.05) is 12.1 Å². The van der Waals surface area contributed by atoms with Crippen LogP contribution in [-0.4, -0.2) is 4.99 Å². The summed E-state index contributed by atoms with van der Waals surface area (Å²) in [6, 6.07) is 9.26. The fraction of sp³-hybridized carbons (Fsp3) is 0.111. The summed E-state index contributed by atoms with van der Waals surface area (Å²) in [7, 11) is 0. The second-order valence-electron chi connectivity index (χ2n) is 2.37. The largest absolute Gasteiger partial charge is 0.350 e. The molecule has 0 amide bonds. The number of anilines is 1. The second kappa shape index (κ2) is 3.84. The van der Waals surface area contributed by atoms with Gasteiger partial charge in [0.15, 0.2) is 0 Å². The van der Waals surface area contributed by atoms with E-state index in [9.17, 15) is 0 Å². The summed E-state index contributed by atoms with van der Waals surface area (Å²) in [6.07, 6.45) is 0. The van der Waals surface area contributed by atoms with Crippen molar-refractivity contribution in [3.8, 4) is 6.07 Å². The molecule has 0 fully saturated rings. The zero-order chi connectivity index (χ0) is 8.97. The first-order chi connectivity index (χ1) is 5.72. The third-order valence-corrected chi connectivity index (χ3v) is 1.41. The van der Waals surface area contributed by atoms with Crippen LogP contribution in [-0.2, 0) is 0 Å². The Morgan fingerprint density at radius 1 is 1.58 bits per heavy atom. The zero-order valence-corrected chi connectivity index (χ0v) is 7.48. The lowest BCUT2D eigenvalue weighted by Crippen LogP contribution is -2.02. The average molecular weight is 176 g/mol. The molecule has 2 nitrogen and oxygen atoms in total. The number of nitrogens with one attached hydrogen (secondary N) is 1. The molecule has 0 aliphatic rings. The van der Waals surface area contributed by atoms with Crippen LogP contribution in [0.3, 0.4) is 0 Å². The first-order valence-corrected chi connectivity index (χ1v) is 3.91. The van der Waals surface area contributed by atoms with E-state index in [1.54, 1.807) is 19.1 Å². The predicted octanol–water partition coefficient (Wildman–Crippen LogP) is 2.32. The van der Waals surface area contributed by atoms with Crippen molar-refractivity contribution in [2.75, 3.05) is 5.32 Å². The highest BCUT2D eigenvalue weighted by molar-refractivity contribution is 7.80. The second-order valence-corrected chi connectivity index (χ2v) is 2.99. The highest BCUT2D eigenvalue weighted by Crippen LogP contribution is 2.09. The summed E-state index contributed by atoms with van der Waals surface area (Å²) in [4.78, 5) is 0.699. The number of nitrogens with zero attached hydrogens (tertiary/aromatic N) is 1. The lowest BCUT2D eigenvalue weighted by atomic mass is 10.2. The standard InChI is InChI=1S/C9H8N2S/c1-7(12)11-9-4-2-3-8(5-9)6-10/h2-5H,1H3,(H,11,12). The van der Waals surface area contributed by atoms with Gasteiger partial charge < -0.3 is 5.32 Å². The van der Waals surface area contributed by atoms with Crippen LogP contribution >= 0.6 is 12.2 Å². The van der Waals surface area contributed by atoms with Crippen molar-refractivity contribution in [3.05, 3.63) is 29.8 Å². The summed E-state index contributed by atoms with van der Waals surface area (Å²) >= 11 is 4.86. The minimum Gasteiger partial charge on any atom is -0.350 e.